The van der Waals surface area contributed by atoms with E-state index < -0.39 is 11.8 Å². The van der Waals surface area contributed by atoms with Crippen LogP contribution in [0.1, 0.15) is 28.9 Å². The van der Waals surface area contributed by atoms with Crippen LogP contribution in [-0.2, 0) is 16.1 Å². The first-order chi connectivity index (χ1) is 17.3. The number of aromatic nitrogens is 4. The number of halogens is 1. The number of thioether (sulfide) groups is 1. The molecule has 1 aliphatic rings. The van der Waals surface area contributed by atoms with Crippen molar-refractivity contribution in [3.8, 4) is 11.4 Å². The van der Waals surface area contributed by atoms with Crippen molar-refractivity contribution in [3.05, 3.63) is 81.4 Å². The van der Waals surface area contributed by atoms with Gasteiger partial charge in [-0.05, 0) is 30.7 Å². The Kier molecular flexibility index (Phi) is 7.86. The molecule has 11 nitrogen and oxygen atoms in total. The fourth-order valence-electron chi connectivity index (χ4n) is 3.43. The number of amides is 3. The summed E-state index contributed by atoms with van der Waals surface area (Å²) in [4.78, 5) is 49.2. The third kappa shape index (κ3) is 6.01. The topological polar surface area (TPSA) is 154 Å². The summed E-state index contributed by atoms with van der Waals surface area (Å²) in [6, 6.07) is 9.59. The normalized spacial score (nSPS) is 14.8. The number of benzene rings is 1. The van der Waals surface area contributed by atoms with E-state index in [0.29, 0.717) is 28.4 Å². The number of carbonyl (C=O) groups excluding carboxylic acids is 3. The maximum Gasteiger partial charge on any atom is 0.257 e. The third-order valence-electron chi connectivity index (χ3n) is 5.17. The summed E-state index contributed by atoms with van der Waals surface area (Å²) in [5, 5.41) is 13.6. The smallest absolute Gasteiger partial charge is 0.257 e. The van der Waals surface area contributed by atoms with Gasteiger partial charge in [-0.1, -0.05) is 17.4 Å². The number of hydrogen-bond donors (Lipinski definition) is 3. The molecule has 0 radical (unpaired) electrons. The number of carbonyl (C=O) groups is 3. The third-order valence-corrected chi connectivity index (χ3v) is 6.67. The molecule has 4 N–H and O–H groups in total. The van der Waals surface area contributed by atoms with Crippen LogP contribution in [0.15, 0.2) is 64.6 Å². The van der Waals surface area contributed by atoms with E-state index in [9.17, 15) is 19.2 Å². The largest absolute Gasteiger partial charge is 0.370 e. The van der Waals surface area contributed by atoms with Crippen LogP contribution in [-0.4, -0.2) is 48.5 Å². The molecule has 1 aliphatic heterocycles. The molecule has 1 atom stereocenters. The summed E-state index contributed by atoms with van der Waals surface area (Å²) in [5.41, 5.74) is 6.43. The first-order valence-corrected chi connectivity index (χ1v) is 12.2. The van der Waals surface area contributed by atoms with Crippen molar-refractivity contribution in [2.75, 3.05) is 6.54 Å². The highest BCUT2D eigenvalue weighted by Gasteiger charge is 2.21. The predicted molar refractivity (Wildman–Crippen MR) is 135 cm³/mol. The van der Waals surface area contributed by atoms with E-state index in [1.165, 1.54) is 27.1 Å². The monoisotopic (exact) mass is 527 g/mol. The van der Waals surface area contributed by atoms with Gasteiger partial charge in [-0.25, -0.2) is 4.68 Å². The summed E-state index contributed by atoms with van der Waals surface area (Å²) in [7, 11) is 0. The molecule has 0 saturated heterocycles. The van der Waals surface area contributed by atoms with Crippen molar-refractivity contribution in [2.45, 2.75) is 24.1 Å². The molecule has 2 aromatic heterocycles. The lowest BCUT2D eigenvalue weighted by atomic mass is 10.1. The van der Waals surface area contributed by atoms with Crippen molar-refractivity contribution < 1.29 is 14.4 Å². The van der Waals surface area contributed by atoms with Crippen molar-refractivity contribution >= 4 is 41.1 Å². The second kappa shape index (κ2) is 11.2. The van der Waals surface area contributed by atoms with Crippen LogP contribution in [0.5, 0.6) is 0 Å². The van der Waals surface area contributed by atoms with E-state index in [1.54, 1.807) is 48.8 Å². The number of hydrogen-bond acceptors (Lipinski definition) is 7. The van der Waals surface area contributed by atoms with Crippen molar-refractivity contribution in [1.29, 1.82) is 0 Å². The Labute approximate surface area is 214 Å². The Bertz CT molecular complexity index is 1400. The number of nitrogens with zero attached hydrogens (tertiary/aromatic N) is 4. The molecule has 3 aromatic rings. The summed E-state index contributed by atoms with van der Waals surface area (Å²) in [6.07, 6.45) is 5.57. The van der Waals surface area contributed by atoms with Gasteiger partial charge in [0.2, 0.25) is 5.91 Å². The zero-order chi connectivity index (χ0) is 25.7. The molecule has 4 rings (SSSR count). The van der Waals surface area contributed by atoms with E-state index >= 15 is 0 Å². The summed E-state index contributed by atoms with van der Waals surface area (Å²) >= 11 is 7.32. The van der Waals surface area contributed by atoms with Gasteiger partial charge in [0.05, 0.1) is 33.6 Å². The van der Waals surface area contributed by atoms with Gasteiger partial charge in [-0.3, -0.25) is 23.7 Å². The molecule has 0 fully saturated rings. The lowest BCUT2D eigenvalue weighted by molar-refractivity contribution is -0.118. The first-order valence-electron chi connectivity index (χ1n) is 10.9. The summed E-state index contributed by atoms with van der Waals surface area (Å²) in [5.74, 6) is -1.27. The average Bonchev–Trinajstić information content (AvgIpc) is 3.51. The van der Waals surface area contributed by atoms with E-state index in [-0.39, 0.29) is 41.2 Å². The number of nitrogens with one attached hydrogen (secondary N) is 2. The van der Waals surface area contributed by atoms with E-state index in [1.807, 2.05) is 0 Å². The second-order valence-electron chi connectivity index (χ2n) is 7.75. The van der Waals surface area contributed by atoms with Gasteiger partial charge < -0.3 is 16.4 Å². The Morgan fingerprint density at radius 1 is 1.17 bits per heavy atom. The van der Waals surface area contributed by atoms with Crippen LogP contribution in [0.25, 0.3) is 11.4 Å². The van der Waals surface area contributed by atoms with Gasteiger partial charge in [0, 0.05) is 30.9 Å². The van der Waals surface area contributed by atoms with Crippen molar-refractivity contribution in [1.82, 2.24) is 30.2 Å². The summed E-state index contributed by atoms with van der Waals surface area (Å²) < 4.78 is 2.65. The Balaban J connectivity index is 1.58. The molecule has 0 bridgehead atoms. The van der Waals surface area contributed by atoms with Gasteiger partial charge in [0.25, 0.3) is 17.4 Å². The summed E-state index contributed by atoms with van der Waals surface area (Å²) in [6.45, 7) is 0.177. The number of alkyl halides is 1. The molecule has 1 unspecified atom stereocenters. The lowest BCUT2D eigenvalue weighted by Crippen LogP contribution is -2.29. The van der Waals surface area contributed by atoms with Gasteiger partial charge in [-0.2, -0.15) is 0 Å². The quantitative estimate of drug-likeness (QED) is 0.353. The fraction of sp³-hybridized carbons (Fsp3) is 0.217. The zero-order valence-electron chi connectivity index (χ0n) is 18.9. The number of rotatable bonds is 9. The molecule has 0 aliphatic carbocycles. The molecule has 186 valence electrons. The Morgan fingerprint density at radius 2 is 2.00 bits per heavy atom. The van der Waals surface area contributed by atoms with Crippen LogP contribution in [0.2, 0.25) is 0 Å². The van der Waals surface area contributed by atoms with Gasteiger partial charge in [0.15, 0.2) is 0 Å². The predicted octanol–water partition coefficient (Wildman–Crippen LogP) is 1.23. The van der Waals surface area contributed by atoms with Crippen LogP contribution < -0.4 is 21.9 Å². The molecule has 0 saturated carbocycles. The number of nitrogens with two attached hydrogens (primary N) is 1. The highest BCUT2D eigenvalue weighted by Crippen LogP contribution is 2.34. The van der Waals surface area contributed by atoms with Crippen LogP contribution >= 0.6 is 23.4 Å². The number of pyridine rings is 1. The Morgan fingerprint density at radius 3 is 2.72 bits per heavy atom. The minimum absolute atomic E-state index is 0.0226. The van der Waals surface area contributed by atoms with Crippen LogP contribution in [0.4, 0.5) is 0 Å². The molecule has 1 aromatic carbocycles. The maximum atomic E-state index is 13.0. The highest BCUT2D eigenvalue weighted by atomic mass is 35.5. The number of allylic oxidation sites excluding steroid dienone is 1. The molecule has 0 spiro atoms. The van der Waals surface area contributed by atoms with Gasteiger partial charge >= 0.3 is 0 Å². The highest BCUT2D eigenvalue weighted by molar-refractivity contribution is 8.05. The minimum atomic E-state index is -0.545. The van der Waals surface area contributed by atoms with E-state index in [2.05, 4.69) is 20.9 Å². The van der Waals surface area contributed by atoms with E-state index in [0.717, 1.165) is 0 Å². The standard InChI is InChI=1S/C23H22ClN7O4S/c24-19-7-6-18(36-19)23(35)27-12-14-13-31(29-28-14)17-5-4-15(30-10-2-1-3-21(30)33)11-16(17)22(34)26-9-8-20(25)32/h1-6,10-11,13,19H,7-9,12H2,(H2,25,32)(H,26,34)(H,27,35). The molecular formula is C23H22ClN7O4S. The minimum Gasteiger partial charge on any atom is -0.370 e. The average molecular weight is 528 g/mol. The maximum absolute atomic E-state index is 13.0. The lowest BCUT2D eigenvalue weighted by Gasteiger charge is -2.13. The number of primary amides is 1. The molecular weight excluding hydrogens is 506 g/mol. The SMILES string of the molecule is NC(=O)CCNC(=O)c1cc(-n2ccccc2=O)ccc1-n1cc(CNC(=O)C2=CCC(Cl)S2)nn1. The van der Waals surface area contributed by atoms with E-state index in [4.69, 9.17) is 17.3 Å². The van der Waals surface area contributed by atoms with Gasteiger partial charge in [-0.15, -0.1) is 28.5 Å². The molecule has 36 heavy (non-hydrogen) atoms. The van der Waals surface area contributed by atoms with Crippen LogP contribution in [0.3, 0.4) is 0 Å². The Hall–Kier alpha value is -3.90. The molecule has 13 heteroatoms. The fourth-order valence-corrected chi connectivity index (χ4v) is 4.64. The van der Waals surface area contributed by atoms with Crippen molar-refractivity contribution in [2.24, 2.45) is 5.73 Å². The van der Waals surface area contributed by atoms with Crippen LogP contribution in [0, 0.1) is 0 Å². The first kappa shape index (κ1) is 25.2. The second-order valence-corrected chi connectivity index (χ2v) is 9.78. The zero-order valence-corrected chi connectivity index (χ0v) is 20.5. The molecule has 3 amide bonds. The van der Waals surface area contributed by atoms with Gasteiger partial charge in [0.1, 0.15) is 5.69 Å². The molecule has 3 heterocycles. The van der Waals surface area contributed by atoms with Crippen molar-refractivity contribution in [3.63, 3.8) is 0 Å².